The van der Waals surface area contributed by atoms with Crippen molar-refractivity contribution in [3.05, 3.63) is 65.7 Å². The molecule has 0 aromatic heterocycles. The van der Waals surface area contributed by atoms with E-state index in [1.165, 1.54) is 4.31 Å². The average molecular weight is 431 g/mol. The first-order valence-electron chi connectivity index (χ1n) is 10.6. The number of benzene rings is 2. The normalized spacial score (nSPS) is 16.9. The van der Waals surface area contributed by atoms with Gasteiger partial charge in [-0.25, -0.2) is 8.42 Å². The van der Waals surface area contributed by atoms with Gasteiger partial charge in [-0.15, -0.1) is 0 Å². The lowest BCUT2D eigenvalue weighted by molar-refractivity contribution is -0.895. The molecule has 1 aliphatic heterocycles. The van der Waals surface area contributed by atoms with Crippen LogP contribution in [-0.4, -0.2) is 51.4 Å². The van der Waals surface area contributed by atoms with Gasteiger partial charge in [0.05, 0.1) is 31.1 Å². The van der Waals surface area contributed by atoms with Crippen molar-refractivity contribution >= 4 is 15.9 Å². The van der Waals surface area contributed by atoms with E-state index >= 15 is 0 Å². The molecule has 0 aliphatic carbocycles. The third kappa shape index (κ3) is 5.68. The number of nitrogens with zero attached hydrogens (tertiary/aromatic N) is 1. The predicted octanol–water partition coefficient (Wildman–Crippen LogP) is 1.41. The van der Waals surface area contributed by atoms with Crippen LogP contribution < -0.4 is 10.2 Å². The average Bonchev–Trinajstić information content (AvgIpc) is 2.78. The lowest BCUT2D eigenvalue weighted by Gasteiger charge is -2.31. The van der Waals surface area contributed by atoms with Crippen molar-refractivity contribution in [2.24, 2.45) is 0 Å². The van der Waals surface area contributed by atoms with Crippen LogP contribution in [-0.2, 0) is 21.4 Å². The summed E-state index contributed by atoms with van der Waals surface area (Å²) in [6, 6.07) is 17.1. The number of quaternary nitrogens is 1. The van der Waals surface area contributed by atoms with Crippen LogP contribution in [0.1, 0.15) is 37.3 Å². The molecule has 6 nitrogen and oxygen atoms in total. The second-order valence-electron chi connectivity index (χ2n) is 7.97. The van der Waals surface area contributed by atoms with Gasteiger partial charge in [-0.1, -0.05) is 56.3 Å². The highest BCUT2D eigenvalue weighted by Crippen LogP contribution is 2.22. The maximum atomic E-state index is 13.0. The number of carbonyl (C=O) groups excluding carboxylic acids is 1. The van der Waals surface area contributed by atoms with Gasteiger partial charge >= 0.3 is 0 Å². The Kier molecular flexibility index (Phi) is 7.64. The van der Waals surface area contributed by atoms with Crippen LogP contribution in [0.3, 0.4) is 0 Å². The van der Waals surface area contributed by atoms with Crippen molar-refractivity contribution in [1.29, 1.82) is 0 Å². The van der Waals surface area contributed by atoms with Gasteiger partial charge in [0.15, 0.2) is 6.54 Å². The summed E-state index contributed by atoms with van der Waals surface area (Å²) < 4.78 is 27.5. The molecule has 162 valence electrons. The molecule has 3 rings (SSSR count). The minimum atomic E-state index is -3.49. The predicted molar refractivity (Wildman–Crippen MR) is 118 cm³/mol. The Bertz CT molecular complexity index is 922. The van der Waals surface area contributed by atoms with Gasteiger partial charge in [-0.05, 0) is 35.6 Å². The first-order chi connectivity index (χ1) is 14.4. The molecule has 1 fully saturated rings. The zero-order chi connectivity index (χ0) is 21.6. The van der Waals surface area contributed by atoms with Crippen LogP contribution in [0.5, 0.6) is 0 Å². The molecule has 2 aromatic carbocycles. The lowest BCUT2D eigenvalue weighted by atomic mass is 9.99. The Morgan fingerprint density at radius 2 is 1.70 bits per heavy atom. The number of carbonyl (C=O) groups is 1. The van der Waals surface area contributed by atoms with Gasteiger partial charge in [0, 0.05) is 6.54 Å². The summed E-state index contributed by atoms with van der Waals surface area (Å²) >= 11 is 0. The summed E-state index contributed by atoms with van der Waals surface area (Å²) in [6.07, 6.45) is 1.02. The standard InChI is InChI=1S/C23H31N3O3S/c1-3-19(2)21-9-11-22(12-10-21)30(28,29)26-15-13-25(14-16-26)18-23(27)24-17-20-7-5-4-6-8-20/h4-12,19H,3,13-18H2,1-2H3,(H,24,27)/p+1/t19-/m0/s1. The van der Waals surface area contributed by atoms with Crippen molar-refractivity contribution in [1.82, 2.24) is 9.62 Å². The third-order valence-corrected chi connectivity index (χ3v) is 7.78. The molecule has 0 unspecified atom stereocenters. The molecule has 1 aliphatic rings. The largest absolute Gasteiger partial charge is 0.347 e. The van der Waals surface area contributed by atoms with Gasteiger partial charge in [0.2, 0.25) is 10.0 Å². The molecule has 0 bridgehead atoms. The van der Waals surface area contributed by atoms with Crippen molar-refractivity contribution in [2.75, 3.05) is 32.7 Å². The summed E-state index contributed by atoms with van der Waals surface area (Å²) in [6.45, 7) is 7.25. The van der Waals surface area contributed by atoms with E-state index < -0.39 is 10.0 Å². The van der Waals surface area contributed by atoms with E-state index in [2.05, 4.69) is 19.2 Å². The molecule has 1 amide bonds. The monoisotopic (exact) mass is 430 g/mol. The molecular weight excluding hydrogens is 398 g/mol. The van der Waals surface area contributed by atoms with Crippen LogP contribution in [0.4, 0.5) is 0 Å². The van der Waals surface area contributed by atoms with Crippen molar-refractivity contribution in [2.45, 2.75) is 37.6 Å². The van der Waals surface area contributed by atoms with Gasteiger partial charge in [0.1, 0.15) is 0 Å². The van der Waals surface area contributed by atoms with E-state index in [-0.39, 0.29) is 5.91 Å². The van der Waals surface area contributed by atoms with Crippen LogP contribution in [0.2, 0.25) is 0 Å². The summed E-state index contributed by atoms with van der Waals surface area (Å²) in [5.74, 6) is 0.410. The molecule has 30 heavy (non-hydrogen) atoms. The minimum Gasteiger partial charge on any atom is -0.347 e. The zero-order valence-electron chi connectivity index (χ0n) is 17.8. The highest BCUT2D eigenvalue weighted by Gasteiger charge is 2.31. The molecule has 0 saturated carbocycles. The van der Waals surface area contributed by atoms with Gasteiger partial charge < -0.3 is 10.2 Å². The van der Waals surface area contributed by atoms with Crippen LogP contribution in [0.25, 0.3) is 0 Å². The molecule has 1 saturated heterocycles. The van der Waals surface area contributed by atoms with E-state index in [0.717, 1.165) is 22.4 Å². The van der Waals surface area contributed by atoms with Crippen LogP contribution in [0, 0.1) is 0 Å². The molecular formula is C23H32N3O3S+. The summed E-state index contributed by atoms with van der Waals surface area (Å²) in [4.78, 5) is 13.7. The van der Waals surface area contributed by atoms with Gasteiger partial charge in [-0.3, -0.25) is 4.79 Å². The quantitative estimate of drug-likeness (QED) is 0.665. The highest BCUT2D eigenvalue weighted by molar-refractivity contribution is 7.89. The van der Waals surface area contributed by atoms with E-state index in [4.69, 9.17) is 0 Å². The SMILES string of the molecule is CC[C@H](C)c1ccc(S(=O)(=O)N2CC[NH+](CC(=O)NCc3ccccc3)CC2)cc1. The third-order valence-electron chi connectivity index (χ3n) is 5.87. The Labute approximate surface area is 179 Å². The number of hydrogen-bond acceptors (Lipinski definition) is 3. The molecule has 0 radical (unpaired) electrons. The lowest BCUT2D eigenvalue weighted by Crippen LogP contribution is -3.15. The second-order valence-corrected chi connectivity index (χ2v) is 9.91. The Balaban J connectivity index is 1.50. The minimum absolute atomic E-state index is 0.00853. The van der Waals surface area contributed by atoms with E-state index in [9.17, 15) is 13.2 Å². The molecule has 1 atom stereocenters. The number of sulfonamides is 1. The van der Waals surface area contributed by atoms with Crippen molar-refractivity contribution in [3.63, 3.8) is 0 Å². The number of piperazine rings is 1. The summed E-state index contributed by atoms with van der Waals surface area (Å²) in [5.41, 5.74) is 2.23. The maximum Gasteiger partial charge on any atom is 0.275 e. The second kappa shape index (κ2) is 10.2. The van der Waals surface area contributed by atoms with E-state index in [1.807, 2.05) is 42.5 Å². The fraction of sp³-hybridized carbons (Fsp3) is 0.435. The van der Waals surface area contributed by atoms with E-state index in [0.29, 0.717) is 50.1 Å². The number of nitrogens with one attached hydrogen (secondary N) is 2. The molecule has 2 N–H and O–H groups in total. The fourth-order valence-electron chi connectivity index (χ4n) is 3.66. The Morgan fingerprint density at radius 3 is 2.30 bits per heavy atom. The zero-order valence-corrected chi connectivity index (χ0v) is 18.6. The van der Waals surface area contributed by atoms with Crippen LogP contribution >= 0.6 is 0 Å². The van der Waals surface area contributed by atoms with Gasteiger partial charge in [0.25, 0.3) is 5.91 Å². The molecule has 7 heteroatoms. The molecule has 0 spiro atoms. The first-order valence-corrected chi connectivity index (χ1v) is 12.1. The number of rotatable bonds is 8. The van der Waals surface area contributed by atoms with Gasteiger partial charge in [-0.2, -0.15) is 4.31 Å². The van der Waals surface area contributed by atoms with E-state index in [1.54, 1.807) is 12.1 Å². The highest BCUT2D eigenvalue weighted by atomic mass is 32.2. The number of hydrogen-bond donors (Lipinski definition) is 2. The summed E-state index contributed by atoms with van der Waals surface area (Å²) in [7, 11) is -3.49. The Hall–Kier alpha value is -2.22. The fourth-order valence-corrected chi connectivity index (χ4v) is 5.10. The van der Waals surface area contributed by atoms with Crippen LogP contribution in [0.15, 0.2) is 59.5 Å². The first kappa shape index (κ1) is 22.5. The molecule has 1 heterocycles. The number of amides is 1. The maximum absolute atomic E-state index is 13.0. The van der Waals surface area contributed by atoms with Crippen molar-refractivity contribution in [3.8, 4) is 0 Å². The Morgan fingerprint density at radius 1 is 1.07 bits per heavy atom. The van der Waals surface area contributed by atoms with Crippen molar-refractivity contribution < 1.29 is 18.1 Å². The topological polar surface area (TPSA) is 70.9 Å². The molecule has 2 aromatic rings. The smallest absolute Gasteiger partial charge is 0.275 e. The summed E-state index contributed by atoms with van der Waals surface area (Å²) in [5, 5.41) is 2.94.